The van der Waals surface area contributed by atoms with Crippen LogP contribution in [0.5, 0.6) is 5.75 Å². The van der Waals surface area contributed by atoms with Crippen molar-refractivity contribution < 1.29 is 24.2 Å². The Bertz CT molecular complexity index is 740. The lowest BCUT2D eigenvalue weighted by molar-refractivity contribution is -0.143. The molecular weight excluding hydrogens is 428 g/mol. The first-order valence-corrected chi connectivity index (χ1v) is 13.2. The molecule has 5 nitrogen and oxygen atoms in total. The maximum absolute atomic E-state index is 12.4. The predicted octanol–water partition coefficient (Wildman–Crippen LogP) is 6.43. The van der Waals surface area contributed by atoms with Gasteiger partial charge in [0.1, 0.15) is 18.1 Å². The van der Waals surface area contributed by atoms with Crippen molar-refractivity contribution in [3.05, 3.63) is 42.5 Å². The van der Waals surface area contributed by atoms with Gasteiger partial charge in [0.25, 0.3) is 0 Å². The maximum Gasteiger partial charge on any atom is 0.305 e. The minimum atomic E-state index is -0.952. The summed E-state index contributed by atoms with van der Waals surface area (Å²) in [5.74, 6) is 1.43. The van der Waals surface area contributed by atoms with E-state index >= 15 is 0 Å². The standard InChI is InChI=1S/C29H44O5/c1-3-4-22-33-28(31)18-12-7-5-6-11-17-26-24(19-20-27(26)30)14-13-21-29(2,32)23-34-25-15-9-8-10-16-25/h8-10,13-16,24,26,32H,3-7,11-12,17-23H2,1-2H3/b14-13+/t24-,26+,29-/m0/s1. The van der Waals surface area contributed by atoms with Crippen molar-refractivity contribution >= 4 is 11.8 Å². The summed E-state index contributed by atoms with van der Waals surface area (Å²) in [4.78, 5) is 24.0. The van der Waals surface area contributed by atoms with Crippen LogP contribution in [0.3, 0.4) is 0 Å². The quantitative estimate of drug-likeness (QED) is 0.161. The predicted molar refractivity (Wildman–Crippen MR) is 136 cm³/mol. The monoisotopic (exact) mass is 472 g/mol. The molecule has 0 amide bonds. The molecule has 1 aromatic rings. The van der Waals surface area contributed by atoms with Gasteiger partial charge in [-0.2, -0.15) is 0 Å². The van der Waals surface area contributed by atoms with Crippen LogP contribution in [0.2, 0.25) is 0 Å². The van der Waals surface area contributed by atoms with Crippen LogP contribution in [0.15, 0.2) is 42.5 Å². The molecule has 0 aromatic heterocycles. The van der Waals surface area contributed by atoms with Gasteiger partial charge in [0.2, 0.25) is 0 Å². The van der Waals surface area contributed by atoms with Crippen LogP contribution in [0.1, 0.15) is 90.9 Å². The first kappa shape index (κ1) is 28.1. The first-order chi connectivity index (χ1) is 16.4. The third kappa shape index (κ3) is 11.3. The van der Waals surface area contributed by atoms with E-state index < -0.39 is 5.60 Å². The normalized spacial score (nSPS) is 19.9. The molecular formula is C29H44O5. The number of esters is 1. The molecule has 1 aromatic carbocycles. The number of carbonyl (C=O) groups is 2. The van der Waals surface area contributed by atoms with Crippen molar-refractivity contribution in [3.63, 3.8) is 0 Å². The lowest BCUT2D eigenvalue weighted by Gasteiger charge is -2.22. The number of ether oxygens (including phenoxy) is 2. The van der Waals surface area contributed by atoms with Gasteiger partial charge in [-0.25, -0.2) is 0 Å². The fourth-order valence-corrected chi connectivity index (χ4v) is 4.42. The Kier molecular flexibility index (Phi) is 13.0. The van der Waals surface area contributed by atoms with E-state index in [9.17, 15) is 14.7 Å². The zero-order valence-corrected chi connectivity index (χ0v) is 21.2. The van der Waals surface area contributed by atoms with E-state index in [1.165, 1.54) is 0 Å². The smallest absolute Gasteiger partial charge is 0.305 e. The Balaban J connectivity index is 1.61. The Morgan fingerprint density at radius 2 is 1.85 bits per heavy atom. The fraction of sp³-hybridized carbons (Fsp3) is 0.655. The Hall–Kier alpha value is -2.14. The molecule has 1 aliphatic carbocycles. The molecule has 190 valence electrons. The summed E-state index contributed by atoms with van der Waals surface area (Å²) < 4.78 is 10.9. The lowest BCUT2D eigenvalue weighted by Crippen LogP contribution is -2.31. The van der Waals surface area contributed by atoms with Crippen molar-refractivity contribution in [3.8, 4) is 5.75 Å². The molecule has 0 saturated heterocycles. The van der Waals surface area contributed by atoms with Crippen LogP contribution in [-0.2, 0) is 14.3 Å². The number of ketones is 1. The number of hydrogen-bond acceptors (Lipinski definition) is 5. The van der Waals surface area contributed by atoms with E-state index in [-0.39, 0.29) is 24.4 Å². The number of Topliss-reactive ketones (excluding diaryl/α,β-unsaturated/α-hetero) is 1. The molecule has 0 radical (unpaired) electrons. The fourth-order valence-electron chi connectivity index (χ4n) is 4.42. The van der Waals surface area contributed by atoms with Crippen molar-refractivity contribution in [2.24, 2.45) is 11.8 Å². The first-order valence-electron chi connectivity index (χ1n) is 13.2. The Labute approximate surface area is 205 Å². The number of hydrogen-bond donors (Lipinski definition) is 1. The van der Waals surface area contributed by atoms with E-state index in [0.29, 0.717) is 31.7 Å². The van der Waals surface area contributed by atoms with Crippen molar-refractivity contribution in [2.75, 3.05) is 13.2 Å². The summed E-state index contributed by atoms with van der Waals surface area (Å²) in [5, 5.41) is 10.6. The average molecular weight is 473 g/mol. The highest BCUT2D eigenvalue weighted by Gasteiger charge is 2.32. The van der Waals surface area contributed by atoms with Crippen molar-refractivity contribution in [1.29, 1.82) is 0 Å². The van der Waals surface area contributed by atoms with Crippen LogP contribution in [-0.4, -0.2) is 35.7 Å². The SMILES string of the molecule is CCCCOC(=O)CCCCCCC[C@H]1C(=O)CC[C@@H]1/C=C/C[C@](C)(O)COc1ccccc1. The van der Waals surface area contributed by atoms with Gasteiger partial charge in [0, 0.05) is 18.8 Å². The number of aliphatic hydroxyl groups is 1. The molecule has 0 unspecified atom stereocenters. The molecule has 0 spiro atoms. The summed E-state index contributed by atoms with van der Waals surface area (Å²) in [6, 6.07) is 9.51. The molecule has 1 aliphatic rings. The highest BCUT2D eigenvalue weighted by atomic mass is 16.5. The largest absolute Gasteiger partial charge is 0.491 e. The lowest BCUT2D eigenvalue weighted by atomic mass is 9.89. The van der Waals surface area contributed by atoms with E-state index in [1.54, 1.807) is 6.92 Å². The molecule has 1 saturated carbocycles. The van der Waals surface area contributed by atoms with E-state index in [0.717, 1.165) is 63.5 Å². The molecule has 0 heterocycles. The van der Waals surface area contributed by atoms with Crippen LogP contribution >= 0.6 is 0 Å². The maximum atomic E-state index is 12.4. The van der Waals surface area contributed by atoms with Gasteiger partial charge >= 0.3 is 5.97 Å². The molecule has 1 fully saturated rings. The minimum absolute atomic E-state index is 0.0785. The van der Waals surface area contributed by atoms with Gasteiger partial charge in [-0.05, 0) is 57.1 Å². The number of para-hydroxylation sites is 1. The molecule has 1 N–H and O–H groups in total. The van der Waals surface area contributed by atoms with Crippen molar-refractivity contribution in [1.82, 2.24) is 0 Å². The van der Waals surface area contributed by atoms with E-state index in [4.69, 9.17) is 9.47 Å². The van der Waals surface area contributed by atoms with Crippen LogP contribution in [0.25, 0.3) is 0 Å². The second kappa shape index (κ2) is 15.7. The summed E-state index contributed by atoms with van der Waals surface area (Å²) in [7, 11) is 0. The summed E-state index contributed by atoms with van der Waals surface area (Å²) in [5.41, 5.74) is -0.952. The van der Waals surface area contributed by atoms with Crippen LogP contribution < -0.4 is 4.74 Å². The molecule has 0 aliphatic heterocycles. The highest BCUT2D eigenvalue weighted by molar-refractivity contribution is 5.83. The molecule has 3 atom stereocenters. The van der Waals surface area contributed by atoms with E-state index in [1.807, 2.05) is 36.4 Å². The van der Waals surface area contributed by atoms with Gasteiger partial charge in [-0.3, -0.25) is 9.59 Å². The van der Waals surface area contributed by atoms with Gasteiger partial charge in [0.05, 0.1) is 12.2 Å². The summed E-state index contributed by atoms with van der Waals surface area (Å²) in [6.07, 6.45) is 14.8. The Morgan fingerprint density at radius 3 is 2.62 bits per heavy atom. The number of allylic oxidation sites excluding steroid dienone is 1. The van der Waals surface area contributed by atoms with Crippen LogP contribution in [0, 0.1) is 11.8 Å². The van der Waals surface area contributed by atoms with Gasteiger partial charge < -0.3 is 14.6 Å². The number of rotatable bonds is 17. The van der Waals surface area contributed by atoms with Crippen LogP contribution in [0.4, 0.5) is 0 Å². The van der Waals surface area contributed by atoms with Gasteiger partial charge in [0.15, 0.2) is 0 Å². The highest BCUT2D eigenvalue weighted by Crippen LogP contribution is 2.34. The zero-order chi connectivity index (χ0) is 24.7. The zero-order valence-electron chi connectivity index (χ0n) is 21.2. The minimum Gasteiger partial charge on any atom is -0.491 e. The Morgan fingerprint density at radius 1 is 1.12 bits per heavy atom. The third-order valence-electron chi connectivity index (χ3n) is 6.55. The number of carbonyl (C=O) groups excluding carboxylic acids is 2. The molecule has 34 heavy (non-hydrogen) atoms. The van der Waals surface area contributed by atoms with Gasteiger partial charge in [-0.1, -0.05) is 69.4 Å². The van der Waals surface area contributed by atoms with Gasteiger partial charge in [-0.15, -0.1) is 0 Å². The molecule has 2 rings (SSSR count). The van der Waals surface area contributed by atoms with E-state index in [2.05, 4.69) is 13.0 Å². The summed E-state index contributed by atoms with van der Waals surface area (Å²) in [6.45, 7) is 4.63. The van der Waals surface area contributed by atoms with Crippen molar-refractivity contribution in [2.45, 2.75) is 96.5 Å². The topological polar surface area (TPSA) is 72.8 Å². The second-order valence-electron chi connectivity index (χ2n) is 9.89. The number of unbranched alkanes of at least 4 members (excludes halogenated alkanes) is 5. The average Bonchev–Trinajstić information content (AvgIpc) is 3.17. The molecule has 5 heteroatoms. The summed E-state index contributed by atoms with van der Waals surface area (Å²) >= 11 is 0. The molecule has 0 bridgehead atoms. The second-order valence-corrected chi connectivity index (χ2v) is 9.89. The number of benzene rings is 1. The third-order valence-corrected chi connectivity index (χ3v) is 6.55.